The molecule has 0 aromatic carbocycles. The van der Waals surface area contributed by atoms with Crippen LogP contribution in [0.1, 0.15) is 25.3 Å². The number of aromatic nitrogens is 2. The Kier molecular flexibility index (Phi) is 6.59. The average molecular weight is 389 g/mol. The number of rotatable bonds is 6. The lowest BCUT2D eigenvalue weighted by molar-refractivity contribution is -0.121. The van der Waals surface area contributed by atoms with Crippen molar-refractivity contribution in [2.75, 3.05) is 25.0 Å². The summed E-state index contributed by atoms with van der Waals surface area (Å²) >= 11 is 1.38. The van der Waals surface area contributed by atoms with Crippen molar-refractivity contribution in [1.82, 2.24) is 20.2 Å². The fourth-order valence-corrected chi connectivity index (χ4v) is 3.48. The van der Waals surface area contributed by atoms with Crippen LogP contribution in [0.15, 0.2) is 29.9 Å². The highest BCUT2D eigenvalue weighted by molar-refractivity contribution is 7.13. The van der Waals surface area contributed by atoms with Gasteiger partial charge in [-0.05, 0) is 31.4 Å². The topological polar surface area (TPSA) is 96.5 Å². The van der Waals surface area contributed by atoms with Crippen LogP contribution in [0.3, 0.4) is 0 Å². The van der Waals surface area contributed by atoms with E-state index in [0.717, 1.165) is 18.4 Å². The van der Waals surface area contributed by atoms with Gasteiger partial charge in [-0.25, -0.2) is 14.8 Å². The SMILES string of the molecule is CCOc1cc(CNC(=O)N2CCCC(C(=O)Nc3nccs3)C2)ccn1. The van der Waals surface area contributed by atoms with Gasteiger partial charge in [0.1, 0.15) is 0 Å². The van der Waals surface area contributed by atoms with Crippen LogP contribution in [0.2, 0.25) is 0 Å². The number of carbonyl (C=O) groups is 2. The predicted molar refractivity (Wildman–Crippen MR) is 103 cm³/mol. The van der Waals surface area contributed by atoms with E-state index in [4.69, 9.17) is 4.74 Å². The van der Waals surface area contributed by atoms with Gasteiger partial charge >= 0.3 is 6.03 Å². The first-order valence-electron chi connectivity index (χ1n) is 8.96. The van der Waals surface area contributed by atoms with Crippen LogP contribution in [0.5, 0.6) is 5.88 Å². The fourth-order valence-electron chi connectivity index (χ4n) is 2.94. The van der Waals surface area contributed by atoms with Gasteiger partial charge in [-0.2, -0.15) is 0 Å². The van der Waals surface area contributed by atoms with Gasteiger partial charge in [-0.3, -0.25) is 4.79 Å². The van der Waals surface area contributed by atoms with E-state index in [1.807, 2.05) is 24.4 Å². The van der Waals surface area contributed by atoms with Crippen molar-refractivity contribution in [2.45, 2.75) is 26.3 Å². The van der Waals surface area contributed by atoms with Gasteiger partial charge in [0.2, 0.25) is 11.8 Å². The lowest BCUT2D eigenvalue weighted by Crippen LogP contribution is -2.47. The second-order valence-corrected chi connectivity index (χ2v) is 7.10. The number of urea groups is 1. The molecule has 1 saturated heterocycles. The van der Waals surface area contributed by atoms with Crippen LogP contribution in [-0.2, 0) is 11.3 Å². The molecule has 3 amide bonds. The Morgan fingerprint density at radius 2 is 2.26 bits per heavy atom. The summed E-state index contributed by atoms with van der Waals surface area (Å²) in [7, 11) is 0. The van der Waals surface area contributed by atoms with E-state index in [1.54, 1.807) is 17.3 Å². The number of nitrogens with zero attached hydrogens (tertiary/aromatic N) is 3. The summed E-state index contributed by atoms with van der Waals surface area (Å²) in [5, 5.41) is 8.12. The summed E-state index contributed by atoms with van der Waals surface area (Å²) in [6.45, 7) is 3.87. The highest BCUT2D eigenvalue weighted by atomic mass is 32.1. The second-order valence-electron chi connectivity index (χ2n) is 6.21. The highest BCUT2D eigenvalue weighted by Gasteiger charge is 2.28. The van der Waals surface area contributed by atoms with E-state index in [2.05, 4.69) is 20.6 Å². The molecule has 144 valence electrons. The van der Waals surface area contributed by atoms with E-state index in [-0.39, 0.29) is 17.9 Å². The molecular formula is C18H23N5O3S. The molecule has 0 spiro atoms. The number of amides is 3. The maximum atomic E-state index is 12.5. The second kappa shape index (κ2) is 9.31. The van der Waals surface area contributed by atoms with Crippen molar-refractivity contribution in [1.29, 1.82) is 0 Å². The average Bonchev–Trinajstić information content (AvgIpc) is 3.20. The fraction of sp³-hybridized carbons (Fsp3) is 0.444. The Morgan fingerprint density at radius 3 is 3.04 bits per heavy atom. The molecular weight excluding hydrogens is 366 g/mol. The molecule has 1 fully saturated rings. The molecule has 1 aliphatic heterocycles. The maximum absolute atomic E-state index is 12.5. The van der Waals surface area contributed by atoms with Gasteiger partial charge in [0.15, 0.2) is 5.13 Å². The maximum Gasteiger partial charge on any atom is 0.317 e. The molecule has 8 nitrogen and oxygen atoms in total. The third kappa shape index (κ3) is 5.40. The van der Waals surface area contributed by atoms with Crippen molar-refractivity contribution in [3.8, 4) is 5.88 Å². The van der Waals surface area contributed by atoms with E-state index in [9.17, 15) is 9.59 Å². The Bertz CT molecular complexity index is 768. The summed E-state index contributed by atoms with van der Waals surface area (Å²) < 4.78 is 5.37. The molecule has 0 bridgehead atoms. The lowest BCUT2D eigenvalue weighted by Gasteiger charge is -2.31. The quantitative estimate of drug-likeness (QED) is 0.791. The largest absolute Gasteiger partial charge is 0.478 e. The van der Waals surface area contributed by atoms with Crippen molar-refractivity contribution in [2.24, 2.45) is 5.92 Å². The summed E-state index contributed by atoms with van der Waals surface area (Å²) in [6.07, 6.45) is 4.87. The number of hydrogen-bond donors (Lipinski definition) is 2. The number of thiazole rings is 1. The minimum atomic E-state index is -0.223. The first-order chi connectivity index (χ1) is 13.2. The van der Waals surface area contributed by atoms with Crippen molar-refractivity contribution < 1.29 is 14.3 Å². The molecule has 1 atom stereocenters. The normalized spacial score (nSPS) is 16.6. The zero-order valence-electron chi connectivity index (χ0n) is 15.2. The number of anilines is 1. The number of likely N-dealkylation sites (tertiary alicyclic amines) is 1. The van der Waals surface area contributed by atoms with E-state index >= 15 is 0 Å². The zero-order valence-corrected chi connectivity index (χ0v) is 16.0. The van der Waals surface area contributed by atoms with Crippen LogP contribution < -0.4 is 15.4 Å². The Hall–Kier alpha value is -2.68. The van der Waals surface area contributed by atoms with Crippen molar-refractivity contribution in [3.05, 3.63) is 35.5 Å². The van der Waals surface area contributed by atoms with Crippen LogP contribution >= 0.6 is 11.3 Å². The number of hydrogen-bond acceptors (Lipinski definition) is 6. The molecule has 27 heavy (non-hydrogen) atoms. The summed E-state index contributed by atoms with van der Waals surface area (Å²) in [6, 6.07) is 3.48. The molecule has 1 unspecified atom stereocenters. The molecule has 3 heterocycles. The molecule has 0 aliphatic carbocycles. The van der Waals surface area contributed by atoms with Crippen LogP contribution in [0.4, 0.5) is 9.93 Å². The Balaban J connectivity index is 1.50. The molecule has 2 N–H and O–H groups in total. The number of carbonyl (C=O) groups excluding carboxylic acids is 2. The number of piperidine rings is 1. The number of pyridine rings is 1. The monoisotopic (exact) mass is 389 g/mol. The first-order valence-corrected chi connectivity index (χ1v) is 9.84. The molecule has 3 rings (SSSR count). The third-order valence-corrected chi connectivity index (χ3v) is 4.97. The smallest absolute Gasteiger partial charge is 0.317 e. The van der Waals surface area contributed by atoms with Crippen molar-refractivity contribution in [3.63, 3.8) is 0 Å². The van der Waals surface area contributed by atoms with E-state index < -0.39 is 0 Å². The molecule has 0 radical (unpaired) electrons. The summed E-state index contributed by atoms with van der Waals surface area (Å²) in [4.78, 5) is 34.8. The van der Waals surface area contributed by atoms with Gasteiger partial charge in [-0.1, -0.05) is 0 Å². The predicted octanol–water partition coefficient (Wildman–Crippen LogP) is 2.50. The van der Waals surface area contributed by atoms with E-state index in [0.29, 0.717) is 37.3 Å². The Morgan fingerprint density at radius 1 is 1.37 bits per heavy atom. The van der Waals surface area contributed by atoms with E-state index in [1.165, 1.54) is 11.3 Å². The third-order valence-electron chi connectivity index (χ3n) is 4.28. The van der Waals surface area contributed by atoms with Crippen LogP contribution in [0, 0.1) is 5.92 Å². The van der Waals surface area contributed by atoms with Crippen molar-refractivity contribution >= 4 is 28.4 Å². The zero-order chi connectivity index (χ0) is 19.1. The van der Waals surface area contributed by atoms with Crippen LogP contribution in [0.25, 0.3) is 0 Å². The molecule has 9 heteroatoms. The molecule has 0 saturated carbocycles. The van der Waals surface area contributed by atoms with Gasteiger partial charge in [0, 0.05) is 43.5 Å². The summed E-state index contributed by atoms with van der Waals surface area (Å²) in [5.74, 6) is 0.234. The van der Waals surface area contributed by atoms with Gasteiger partial charge in [0.05, 0.1) is 12.5 Å². The minimum Gasteiger partial charge on any atom is -0.478 e. The molecule has 2 aromatic heterocycles. The number of ether oxygens (including phenoxy) is 1. The summed E-state index contributed by atoms with van der Waals surface area (Å²) in [5.41, 5.74) is 0.914. The Labute approximate surface area is 162 Å². The van der Waals surface area contributed by atoms with Gasteiger partial charge < -0.3 is 20.3 Å². The van der Waals surface area contributed by atoms with Gasteiger partial charge in [0.25, 0.3) is 0 Å². The molecule has 1 aliphatic rings. The first kappa shape index (κ1) is 19.1. The standard InChI is InChI=1S/C18H23N5O3S/c1-2-26-15-10-13(5-6-19-15)11-21-18(25)23-8-3-4-14(12-23)16(24)22-17-20-7-9-27-17/h5-7,9-10,14H,2-4,8,11-12H2,1H3,(H,21,25)(H,20,22,24). The highest BCUT2D eigenvalue weighted by Crippen LogP contribution is 2.20. The lowest BCUT2D eigenvalue weighted by atomic mass is 9.97. The van der Waals surface area contributed by atoms with Gasteiger partial charge in [-0.15, -0.1) is 11.3 Å². The molecule has 2 aromatic rings. The van der Waals surface area contributed by atoms with Crippen LogP contribution in [-0.4, -0.2) is 46.5 Å². The minimum absolute atomic E-state index is 0.0852. The number of nitrogens with one attached hydrogen (secondary N) is 2.